The molecule has 2 unspecified atom stereocenters. The SMILES string of the molecule is CC/C=C\CCCCOC(=O)CCCC(=O)OCC(COC(=O)CCCC(=O)OCCCC/C=C\CC)(COC(=O)CC12CC3CC4CC(C1)C43C2)COC(=O)OCCCN(CC)CC. The van der Waals surface area contributed by atoms with Crippen LogP contribution < -0.4 is 0 Å². The molecule has 65 heavy (non-hydrogen) atoms. The number of fused-ring (bicyclic) bond motifs is 1. The first-order chi connectivity index (χ1) is 31.4. The lowest BCUT2D eigenvalue weighted by Gasteiger charge is -2.66. The number of unbranched alkanes of at least 4 members (excludes halogenated alkanes) is 4. The van der Waals surface area contributed by atoms with Gasteiger partial charge in [-0.3, -0.25) is 24.0 Å². The third-order valence-electron chi connectivity index (χ3n) is 14.2. The third-order valence-corrected chi connectivity index (χ3v) is 14.2. The lowest BCUT2D eigenvalue weighted by molar-refractivity contribution is -0.178. The fourth-order valence-corrected chi connectivity index (χ4v) is 10.7. The van der Waals surface area contributed by atoms with E-state index in [4.69, 9.17) is 33.2 Å². The normalized spacial score (nSPS) is 22.6. The molecule has 4 aliphatic rings. The number of hydrogen-bond acceptors (Lipinski definition) is 14. The van der Waals surface area contributed by atoms with E-state index in [9.17, 15) is 28.8 Å². The van der Waals surface area contributed by atoms with Crippen LogP contribution in [0.1, 0.15) is 163 Å². The van der Waals surface area contributed by atoms with Gasteiger partial charge in [0.1, 0.15) is 31.8 Å². The van der Waals surface area contributed by atoms with Gasteiger partial charge in [0, 0.05) is 32.2 Å². The molecule has 4 fully saturated rings. The highest BCUT2D eigenvalue weighted by molar-refractivity contribution is 5.73. The van der Waals surface area contributed by atoms with Gasteiger partial charge in [0.15, 0.2) is 0 Å². The Morgan fingerprint density at radius 2 is 0.985 bits per heavy atom. The smallest absolute Gasteiger partial charge is 0.466 e. The Morgan fingerprint density at radius 3 is 1.45 bits per heavy atom. The van der Waals surface area contributed by atoms with Crippen LogP contribution in [0.25, 0.3) is 0 Å². The summed E-state index contributed by atoms with van der Waals surface area (Å²) >= 11 is 0. The summed E-state index contributed by atoms with van der Waals surface area (Å²) in [4.78, 5) is 79.9. The van der Waals surface area contributed by atoms with Gasteiger partial charge in [-0.1, -0.05) is 52.0 Å². The largest absolute Gasteiger partial charge is 0.508 e. The topological polar surface area (TPSA) is 170 Å². The minimum Gasteiger partial charge on any atom is -0.466 e. The predicted molar refractivity (Wildman–Crippen MR) is 244 cm³/mol. The molecule has 1 spiro atoms. The maximum absolute atomic E-state index is 13.7. The molecular formula is C51H81NO13. The van der Waals surface area contributed by atoms with Crippen LogP contribution in [0, 0.1) is 34.0 Å². The van der Waals surface area contributed by atoms with Crippen LogP contribution in [0.15, 0.2) is 24.3 Å². The molecule has 0 N–H and O–H groups in total. The molecule has 4 saturated carbocycles. The lowest BCUT2D eigenvalue weighted by Crippen LogP contribution is -2.59. The van der Waals surface area contributed by atoms with Crippen molar-refractivity contribution in [3.05, 3.63) is 24.3 Å². The second-order valence-electron chi connectivity index (χ2n) is 19.1. The van der Waals surface area contributed by atoms with Crippen LogP contribution in [0.3, 0.4) is 0 Å². The van der Waals surface area contributed by atoms with Gasteiger partial charge >= 0.3 is 36.0 Å². The number of ether oxygens (including phenoxy) is 7. The first-order valence-corrected chi connectivity index (χ1v) is 25.0. The number of carbonyl (C=O) groups excluding carboxylic acids is 6. The van der Waals surface area contributed by atoms with Crippen molar-refractivity contribution in [1.82, 2.24) is 4.90 Å². The minimum absolute atomic E-state index is 0.0319. The summed E-state index contributed by atoms with van der Waals surface area (Å²) in [7, 11) is 0. The third kappa shape index (κ3) is 17.3. The first-order valence-electron chi connectivity index (χ1n) is 25.0. The van der Waals surface area contributed by atoms with Gasteiger partial charge in [0.2, 0.25) is 0 Å². The van der Waals surface area contributed by atoms with Crippen molar-refractivity contribution in [2.24, 2.45) is 34.0 Å². The number of nitrogens with zero attached hydrogens (tertiary/aromatic N) is 1. The summed E-state index contributed by atoms with van der Waals surface area (Å²) in [5, 5.41) is 0. The Bertz CT molecular complexity index is 1500. The molecule has 0 heterocycles. The van der Waals surface area contributed by atoms with Gasteiger partial charge in [-0.2, -0.15) is 0 Å². The molecular weight excluding hydrogens is 835 g/mol. The number of rotatable bonds is 36. The van der Waals surface area contributed by atoms with E-state index in [2.05, 4.69) is 56.9 Å². The molecule has 2 bridgehead atoms. The van der Waals surface area contributed by atoms with E-state index < -0.39 is 61.2 Å². The zero-order valence-electron chi connectivity index (χ0n) is 40.2. The summed E-state index contributed by atoms with van der Waals surface area (Å²) in [5.74, 6) is -0.278. The monoisotopic (exact) mass is 916 g/mol. The van der Waals surface area contributed by atoms with E-state index in [1.165, 1.54) is 12.8 Å². The highest BCUT2D eigenvalue weighted by atomic mass is 16.7. The molecule has 4 rings (SSSR count). The summed E-state index contributed by atoms with van der Waals surface area (Å²) < 4.78 is 39.1. The number of esters is 5. The van der Waals surface area contributed by atoms with Crippen LogP contribution in [0.2, 0.25) is 0 Å². The van der Waals surface area contributed by atoms with Crippen LogP contribution in [0.4, 0.5) is 4.79 Å². The summed E-state index contributed by atoms with van der Waals surface area (Å²) in [6, 6.07) is 0. The van der Waals surface area contributed by atoms with Crippen molar-refractivity contribution in [2.45, 2.75) is 163 Å². The number of carbonyl (C=O) groups is 6. The summed E-state index contributed by atoms with van der Waals surface area (Å²) in [6.45, 7) is 9.84. The zero-order valence-corrected chi connectivity index (χ0v) is 40.2. The van der Waals surface area contributed by atoms with Gasteiger partial charge in [-0.25, -0.2) is 4.79 Å². The summed E-state index contributed by atoms with van der Waals surface area (Å²) in [6.07, 6.45) is 21.4. The van der Waals surface area contributed by atoms with Gasteiger partial charge in [0.05, 0.1) is 26.2 Å². The molecule has 14 heteroatoms. The van der Waals surface area contributed by atoms with Gasteiger partial charge in [0.25, 0.3) is 0 Å². The van der Waals surface area contributed by atoms with E-state index in [1.54, 1.807) is 0 Å². The highest BCUT2D eigenvalue weighted by Crippen LogP contribution is 2.85. The van der Waals surface area contributed by atoms with E-state index in [1.807, 2.05) is 0 Å². The molecule has 4 aliphatic carbocycles. The van der Waals surface area contributed by atoms with Crippen LogP contribution in [-0.2, 0) is 57.1 Å². The van der Waals surface area contributed by atoms with E-state index in [-0.39, 0.29) is 63.6 Å². The molecule has 368 valence electrons. The van der Waals surface area contributed by atoms with Gasteiger partial charge in [-0.15, -0.1) is 0 Å². The van der Waals surface area contributed by atoms with Gasteiger partial charge in [-0.05, 0) is 144 Å². The van der Waals surface area contributed by atoms with Crippen molar-refractivity contribution in [2.75, 3.05) is 65.9 Å². The minimum atomic E-state index is -1.48. The summed E-state index contributed by atoms with van der Waals surface area (Å²) in [5.41, 5.74) is -1.13. The number of hydrogen-bond donors (Lipinski definition) is 0. The molecule has 0 aromatic heterocycles. The molecule has 0 amide bonds. The standard InChI is InChI=1S/C51H81NO13/c1-5-9-11-13-15-17-27-59-43(53)22-19-24-45(55)62-36-50(39-65-48(58)61-29-21-26-52(7-3)8-4,37-63-46(56)25-20-23-44(54)60-28-18-16-14-12-10-6-2)38-64-47(57)34-49-32-41-30-40-31-42(33-49)51(40,41)35-49/h9-12,40-42H,5-8,13-39H2,1-4H3/b11-9-,12-10-. The Morgan fingerprint density at radius 1 is 0.523 bits per heavy atom. The van der Waals surface area contributed by atoms with E-state index >= 15 is 0 Å². The second kappa shape index (κ2) is 28.3. The molecule has 0 saturated heterocycles. The zero-order chi connectivity index (χ0) is 47.0. The molecule has 2 atom stereocenters. The Kier molecular flexibility index (Phi) is 23.4. The molecule has 0 aromatic rings. The molecule has 0 radical (unpaired) electrons. The van der Waals surface area contributed by atoms with Crippen LogP contribution >= 0.6 is 0 Å². The van der Waals surface area contributed by atoms with Crippen LogP contribution in [-0.4, -0.2) is 107 Å². The highest BCUT2D eigenvalue weighted by Gasteiger charge is 2.77. The van der Waals surface area contributed by atoms with Crippen molar-refractivity contribution < 1.29 is 61.9 Å². The average Bonchev–Trinajstić information content (AvgIpc) is 3.75. The van der Waals surface area contributed by atoms with E-state index in [0.717, 1.165) is 96.2 Å². The second-order valence-corrected chi connectivity index (χ2v) is 19.1. The fourth-order valence-electron chi connectivity index (χ4n) is 10.7. The maximum atomic E-state index is 13.7. The van der Waals surface area contributed by atoms with Crippen molar-refractivity contribution in [1.29, 1.82) is 0 Å². The fraction of sp³-hybridized carbons (Fsp3) is 0.804. The van der Waals surface area contributed by atoms with Crippen molar-refractivity contribution >= 4 is 36.0 Å². The quantitative estimate of drug-likeness (QED) is 0.0252. The Hall–Kier alpha value is -3.94. The average molecular weight is 916 g/mol. The molecule has 0 aromatic carbocycles. The molecule has 14 nitrogen and oxygen atoms in total. The van der Waals surface area contributed by atoms with Crippen LogP contribution in [0.5, 0.6) is 0 Å². The maximum Gasteiger partial charge on any atom is 0.508 e. The first kappa shape index (κ1) is 53.7. The van der Waals surface area contributed by atoms with Crippen molar-refractivity contribution in [3.63, 3.8) is 0 Å². The van der Waals surface area contributed by atoms with Crippen molar-refractivity contribution in [3.8, 4) is 0 Å². The predicted octanol–water partition coefficient (Wildman–Crippen LogP) is 9.40. The molecule has 0 aliphatic heterocycles. The van der Waals surface area contributed by atoms with E-state index in [0.29, 0.717) is 36.9 Å². The Balaban J connectivity index is 1.35. The number of allylic oxidation sites excluding steroid dienone is 4. The Labute approximate surface area is 388 Å². The lowest BCUT2D eigenvalue weighted by atomic mass is 9.38. The van der Waals surface area contributed by atoms with Gasteiger partial charge < -0.3 is 38.1 Å².